The molecule has 17 heavy (non-hydrogen) atoms. The molecule has 1 rings (SSSR count). The summed E-state index contributed by atoms with van der Waals surface area (Å²) in [6.07, 6.45) is 0.945. The first kappa shape index (κ1) is 13.7. The molecule has 1 atom stereocenters. The predicted molar refractivity (Wildman–Crippen MR) is 69.1 cm³/mol. The van der Waals surface area contributed by atoms with Gasteiger partial charge in [0, 0.05) is 12.1 Å². The third kappa shape index (κ3) is 5.00. The molecule has 0 aromatic heterocycles. The Morgan fingerprint density at radius 2 is 1.94 bits per heavy atom. The van der Waals surface area contributed by atoms with Gasteiger partial charge in [0.1, 0.15) is 6.61 Å². The van der Waals surface area contributed by atoms with Gasteiger partial charge in [0.25, 0.3) is 0 Å². The smallest absolute Gasteiger partial charge is 0.338 e. The van der Waals surface area contributed by atoms with Crippen molar-refractivity contribution in [1.82, 2.24) is 5.32 Å². The van der Waals surface area contributed by atoms with Crippen LogP contribution in [0.5, 0.6) is 0 Å². The fraction of sp³-hybridized carbons (Fsp3) is 0.500. The Morgan fingerprint density at radius 1 is 1.29 bits per heavy atom. The topological polar surface area (TPSA) is 38.3 Å². The first-order valence-electron chi connectivity index (χ1n) is 6.11. The molecule has 0 fully saturated rings. The van der Waals surface area contributed by atoms with Crippen LogP contribution in [0.3, 0.4) is 0 Å². The van der Waals surface area contributed by atoms with Crippen LogP contribution in [-0.4, -0.2) is 24.7 Å². The second-order valence-corrected chi connectivity index (χ2v) is 4.39. The van der Waals surface area contributed by atoms with Crippen molar-refractivity contribution in [3.05, 3.63) is 35.9 Å². The Labute approximate surface area is 103 Å². The van der Waals surface area contributed by atoms with Crippen LogP contribution in [0.1, 0.15) is 37.6 Å². The van der Waals surface area contributed by atoms with Crippen molar-refractivity contribution in [1.29, 1.82) is 0 Å². The van der Waals surface area contributed by atoms with Gasteiger partial charge >= 0.3 is 5.97 Å². The van der Waals surface area contributed by atoms with Crippen LogP contribution >= 0.6 is 0 Å². The van der Waals surface area contributed by atoms with Crippen LogP contribution in [0, 0.1) is 0 Å². The lowest BCUT2D eigenvalue weighted by Crippen LogP contribution is -2.38. The van der Waals surface area contributed by atoms with Crippen molar-refractivity contribution in [3.63, 3.8) is 0 Å². The number of benzene rings is 1. The molecule has 0 saturated carbocycles. The van der Waals surface area contributed by atoms with E-state index in [9.17, 15) is 4.79 Å². The molecule has 1 N–H and O–H groups in total. The van der Waals surface area contributed by atoms with E-state index in [1.807, 2.05) is 18.2 Å². The van der Waals surface area contributed by atoms with E-state index in [1.54, 1.807) is 12.1 Å². The van der Waals surface area contributed by atoms with Crippen molar-refractivity contribution >= 4 is 5.97 Å². The molecule has 0 saturated heterocycles. The lowest BCUT2D eigenvalue weighted by molar-refractivity contribution is 0.0458. The van der Waals surface area contributed by atoms with Crippen LogP contribution in [-0.2, 0) is 4.74 Å². The molecule has 1 aromatic carbocycles. The Hall–Kier alpha value is -1.35. The minimum atomic E-state index is -0.255. The third-order valence-electron chi connectivity index (χ3n) is 2.49. The second-order valence-electron chi connectivity index (χ2n) is 4.39. The number of hydrogen-bond donors (Lipinski definition) is 1. The zero-order valence-electron chi connectivity index (χ0n) is 10.8. The fourth-order valence-electron chi connectivity index (χ4n) is 1.59. The minimum absolute atomic E-state index is 0.225. The lowest BCUT2D eigenvalue weighted by Gasteiger charge is -2.19. The van der Waals surface area contributed by atoms with E-state index in [0.717, 1.165) is 6.42 Å². The van der Waals surface area contributed by atoms with E-state index in [4.69, 9.17) is 4.74 Å². The zero-order chi connectivity index (χ0) is 12.7. The van der Waals surface area contributed by atoms with Gasteiger partial charge in [-0.05, 0) is 18.6 Å². The summed E-state index contributed by atoms with van der Waals surface area (Å²) in [6, 6.07) is 9.70. The van der Waals surface area contributed by atoms with E-state index >= 15 is 0 Å². The third-order valence-corrected chi connectivity index (χ3v) is 2.49. The molecule has 0 aliphatic rings. The monoisotopic (exact) mass is 235 g/mol. The van der Waals surface area contributed by atoms with Crippen LogP contribution in [0.4, 0.5) is 0 Å². The molecule has 0 aliphatic carbocycles. The number of nitrogens with one attached hydrogen (secondary N) is 1. The molecule has 0 aliphatic heterocycles. The molecular formula is C14H21NO2. The molecule has 3 nitrogen and oxygen atoms in total. The summed E-state index contributed by atoms with van der Waals surface area (Å²) in [5.74, 6) is -0.255. The molecule has 0 amide bonds. The molecular weight excluding hydrogens is 214 g/mol. The Morgan fingerprint density at radius 3 is 2.47 bits per heavy atom. The molecule has 94 valence electrons. The average molecular weight is 235 g/mol. The van der Waals surface area contributed by atoms with E-state index in [2.05, 4.69) is 26.1 Å². The highest BCUT2D eigenvalue weighted by molar-refractivity contribution is 5.89. The number of hydrogen-bond acceptors (Lipinski definition) is 3. The SMILES string of the molecule is CC[C@@H](COC(=O)c1ccccc1)NC(C)C. The van der Waals surface area contributed by atoms with Crippen LogP contribution in [0.25, 0.3) is 0 Å². The van der Waals surface area contributed by atoms with Gasteiger partial charge < -0.3 is 10.1 Å². The van der Waals surface area contributed by atoms with Gasteiger partial charge in [0.15, 0.2) is 0 Å². The highest BCUT2D eigenvalue weighted by atomic mass is 16.5. The molecule has 0 heterocycles. The minimum Gasteiger partial charge on any atom is -0.460 e. The standard InChI is InChI=1S/C14H21NO2/c1-4-13(15-11(2)3)10-17-14(16)12-8-6-5-7-9-12/h5-9,11,13,15H,4,10H2,1-3H3/t13-/m0/s1. The summed E-state index contributed by atoms with van der Waals surface area (Å²) in [6.45, 7) is 6.67. The van der Waals surface area contributed by atoms with Gasteiger partial charge in [0.2, 0.25) is 0 Å². The lowest BCUT2D eigenvalue weighted by atomic mass is 10.2. The highest BCUT2D eigenvalue weighted by Gasteiger charge is 2.11. The van der Waals surface area contributed by atoms with Crippen molar-refractivity contribution in [2.75, 3.05) is 6.61 Å². The van der Waals surface area contributed by atoms with Crippen molar-refractivity contribution in [2.45, 2.75) is 39.3 Å². The highest BCUT2D eigenvalue weighted by Crippen LogP contribution is 2.03. The Bertz CT molecular complexity index is 335. The maximum Gasteiger partial charge on any atom is 0.338 e. The summed E-state index contributed by atoms with van der Waals surface area (Å²) in [4.78, 5) is 11.7. The quantitative estimate of drug-likeness (QED) is 0.770. The Kier molecular flexibility index (Phi) is 5.70. The van der Waals surface area contributed by atoms with Gasteiger partial charge in [-0.2, -0.15) is 0 Å². The largest absolute Gasteiger partial charge is 0.460 e. The van der Waals surface area contributed by atoms with Gasteiger partial charge in [-0.1, -0.05) is 39.0 Å². The van der Waals surface area contributed by atoms with Gasteiger partial charge in [-0.25, -0.2) is 4.79 Å². The summed E-state index contributed by atoms with van der Waals surface area (Å²) in [5, 5.41) is 3.36. The summed E-state index contributed by atoms with van der Waals surface area (Å²) < 4.78 is 5.28. The number of carbonyl (C=O) groups is 1. The first-order chi connectivity index (χ1) is 8.13. The van der Waals surface area contributed by atoms with Crippen molar-refractivity contribution in [3.8, 4) is 0 Å². The molecule has 0 radical (unpaired) electrons. The number of ether oxygens (including phenoxy) is 1. The second kappa shape index (κ2) is 7.07. The van der Waals surface area contributed by atoms with Gasteiger partial charge in [0.05, 0.1) is 5.56 Å². The maximum absolute atomic E-state index is 11.7. The number of esters is 1. The van der Waals surface area contributed by atoms with Crippen LogP contribution in [0.2, 0.25) is 0 Å². The predicted octanol–water partition coefficient (Wildman–Crippen LogP) is 2.62. The van der Waals surface area contributed by atoms with Crippen molar-refractivity contribution in [2.24, 2.45) is 0 Å². The average Bonchev–Trinajstić information content (AvgIpc) is 2.34. The van der Waals surface area contributed by atoms with Crippen LogP contribution < -0.4 is 5.32 Å². The normalized spacial score (nSPS) is 12.5. The Balaban J connectivity index is 2.42. The number of rotatable bonds is 6. The van der Waals surface area contributed by atoms with E-state index in [0.29, 0.717) is 18.2 Å². The zero-order valence-corrected chi connectivity index (χ0v) is 10.8. The fourth-order valence-corrected chi connectivity index (χ4v) is 1.59. The molecule has 0 bridgehead atoms. The molecule has 0 unspecified atom stereocenters. The van der Waals surface area contributed by atoms with Crippen molar-refractivity contribution < 1.29 is 9.53 Å². The van der Waals surface area contributed by atoms with E-state index in [1.165, 1.54) is 0 Å². The molecule has 3 heteroatoms. The van der Waals surface area contributed by atoms with E-state index in [-0.39, 0.29) is 12.0 Å². The summed E-state index contributed by atoms with van der Waals surface area (Å²) in [5.41, 5.74) is 0.604. The maximum atomic E-state index is 11.7. The summed E-state index contributed by atoms with van der Waals surface area (Å²) in [7, 11) is 0. The summed E-state index contributed by atoms with van der Waals surface area (Å²) >= 11 is 0. The van der Waals surface area contributed by atoms with E-state index < -0.39 is 0 Å². The first-order valence-corrected chi connectivity index (χ1v) is 6.11. The van der Waals surface area contributed by atoms with Gasteiger partial charge in [-0.3, -0.25) is 0 Å². The molecule has 1 aromatic rings. The number of carbonyl (C=O) groups excluding carboxylic acids is 1. The van der Waals surface area contributed by atoms with Crippen LogP contribution in [0.15, 0.2) is 30.3 Å². The van der Waals surface area contributed by atoms with Gasteiger partial charge in [-0.15, -0.1) is 0 Å². The molecule has 0 spiro atoms.